The number of hydrogen-bond acceptors (Lipinski definition) is 4. The van der Waals surface area contributed by atoms with E-state index in [0.717, 1.165) is 31.0 Å². The van der Waals surface area contributed by atoms with E-state index in [2.05, 4.69) is 20.1 Å². The Labute approximate surface area is 107 Å². The smallest absolute Gasteiger partial charge is 0.221 e. The third kappa shape index (κ3) is 2.87. The quantitative estimate of drug-likeness (QED) is 0.817. The highest BCUT2D eigenvalue weighted by molar-refractivity contribution is 5.76. The van der Waals surface area contributed by atoms with Gasteiger partial charge in [-0.05, 0) is 19.8 Å². The third-order valence-electron chi connectivity index (χ3n) is 3.27. The Morgan fingerprint density at radius 3 is 3.06 bits per heavy atom. The molecule has 6 nitrogen and oxygen atoms in total. The second kappa shape index (κ2) is 5.95. The van der Waals surface area contributed by atoms with Crippen LogP contribution in [-0.4, -0.2) is 27.2 Å². The number of fused-ring (bicyclic) bond motifs is 1. The van der Waals surface area contributed by atoms with Gasteiger partial charge in [0.15, 0.2) is 5.82 Å². The Hall–Kier alpha value is -1.43. The van der Waals surface area contributed by atoms with Crippen molar-refractivity contribution >= 4 is 5.91 Å². The van der Waals surface area contributed by atoms with E-state index in [1.165, 1.54) is 12.8 Å². The number of aromatic nitrogens is 3. The molecule has 0 saturated heterocycles. The maximum absolute atomic E-state index is 11.5. The summed E-state index contributed by atoms with van der Waals surface area (Å²) in [5.41, 5.74) is 5.36. The van der Waals surface area contributed by atoms with Crippen LogP contribution in [0.1, 0.15) is 50.3 Å². The molecule has 1 unspecified atom stereocenters. The van der Waals surface area contributed by atoms with Crippen LogP contribution in [0.3, 0.4) is 0 Å². The Bertz CT molecular complexity index is 415. The zero-order valence-electron chi connectivity index (χ0n) is 10.9. The van der Waals surface area contributed by atoms with Crippen LogP contribution in [0, 0.1) is 0 Å². The fourth-order valence-corrected chi connectivity index (χ4v) is 2.34. The van der Waals surface area contributed by atoms with Crippen LogP contribution in [0.5, 0.6) is 0 Å². The highest BCUT2D eigenvalue weighted by Crippen LogP contribution is 2.18. The molecule has 2 rings (SSSR count). The average Bonchev–Trinajstić information content (AvgIpc) is 2.59. The van der Waals surface area contributed by atoms with E-state index in [0.29, 0.717) is 13.0 Å². The molecule has 0 radical (unpaired) electrons. The first kappa shape index (κ1) is 13.0. The minimum Gasteiger partial charge on any atom is -0.346 e. The van der Waals surface area contributed by atoms with E-state index in [1.54, 1.807) is 0 Å². The van der Waals surface area contributed by atoms with Gasteiger partial charge in [0.05, 0.1) is 6.04 Å². The van der Waals surface area contributed by atoms with E-state index in [-0.39, 0.29) is 11.9 Å². The Morgan fingerprint density at radius 1 is 1.44 bits per heavy atom. The second-order valence-electron chi connectivity index (χ2n) is 4.76. The van der Waals surface area contributed by atoms with Gasteiger partial charge in [0, 0.05) is 25.9 Å². The minimum absolute atomic E-state index is 0.0315. The van der Waals surface area contributed by atoms with Crippen LogP contribution in [0.2, 0.25) is 0 Å². The predicted octanol–water partition coefficient (Wildman–Crippen LogP) is 0.530. The summed E-state index contributed by atoms with van der Waals surface area (Å²) in [5, 5.41) is 11.4. The van der Waals surface area contributed by atoms with Crippen molar-refractivity contribution in [2.24, 2.45) is 5.73 Å². The van der Waals surface area contributed by atoms with Crippen molar-refractivity contribution in [3.8, 4) is 0 Å². The van der Waals surface area contributed by atoms with Gasteiger partial charge in [-0.2, -0.15) is 0 Å². The standard InChI is InChI=1S/C12H21N5O/c1-9(14-11(18)6-7-13)12-16-15-10-5-3-2-4-8-17(10)12/h9H,2-8,13H2,1H3,(H,14,18). The monoisotopic (exact) mass is 251 g/mol. The van der Waals surface area contributed by atoms with E-state index < -0.39 is 0 Å². The molecular formula is C12H21N5O. The van der Waals surface area contributed by atoms with Crippen molar-refractivity contribution in [1.82, 2.24) is 20.1 Å². The highest BCUT2D eigenvalue weighted by atomic mass is 16.1. The van der Waals surface area contributed by atoms with Crippen LogP contribution in [0.25, 0.3) is 0 Å². The van der Waals surface area contributed by atoms with E-state index in [1.807, 2.05) is 6.92 Å². The summed E-state index contributed by atoms with van der Waals surface area (Å²) in [6.07, 6.45) is 4.89. The lowest BCUT2D eigenvalue weighted by molar-refractivity contribution is -0.121. The largest absolute Gasteiger partial charge is 0.346 e. The Kier molecular flexibility index (Phi) is 4.30. The molecule has 0 aliphatic carbocycles. The number of rotatable bonds is 4. The number of aryl methyl sites for hydroxylation is 1. The minimum atomic E-state index is -0.108. The van der Waals surface area contributed by atoms with E-state index >= 15 is 0 Å². The molecular weight excluding hydrogens is 230 g/mol. The Morgan fingerprint density at radius 2 is 2.28 bits per heavy atom. The predicted molar refractivity (Wildman–Crippen MR) is 67.8 cm³/mol. The van der Waals surface area contributed by atoms with Gasteiger partial charge in [0.25, 0.3) is 0 Å². The number of nitrogens with zero attached hydrogens (tertiary/aromatic N) is 3. The molecule has 2 heterocycles. The molecule has 6 heteroatoms. The number of amides is 1. The number of carbonyl (C=O) groups is 1. The number of nitrogens with two attached hydrogens (primary N) is 1. The molecule has 1 aliphatic heterocycles. The van der Waals surface area contributed by atoms with Gasteiger partial charge >= 0.3 is 0 Å². The van der Waals surface area contributed by atoms with E-state index in [4.69, 9.17) is 5.73 Å². The summed E-state index contributed by atoms with van der Waals surface area (Å²) in [6.45, 7) is 3.27. The van der Waals surface area contributed by atoms with E-state index in [9.17, 15) is 4.79 Å². The number of carbonyl (C=O) groups excluding carboxylic acids is 1. The van der Waals surface area contributed by atoms with Crippen LogP contribution >= 0.6 is 0 Å². The maximum atomic E-state index is 11.5. The first-order valence-electron chi connectivity index (χ1n) is 6.63. The molecule has 0 saturated carbocycles. The zero-order chi connectivity index (χ0) is 13.0. The fraction of sp³-hybridized carbons (Fsp3) is 0.750. The molecule has 0 fully saturated rings. The molecule has 3 N–H and O–H groups in total. The van der Waals surface area contributed by atoms with Crippen LogP contribution in [0.15, 0.2) is 0 Å². The van der Waals surface area contributed by atoms with Gasteiger partial charge < -0.3 is 15.6 Å². The summed E-state index contributed by atoms with van der Waals surface area (Å²) in [4.78, 5) is 11.5. The van der Waals surface area contributed by atoms with Gasteiger partial charge in [-0.15, -0.1) is 10.2 Å². The first-order chi connectivity index (χ1) is 8.72. The van der Waals surface area contributed by atoms with Crippen molar-refractivity contribution in [3.05, 3.63) is 11.6 Å². The molecule has 1 aromatic rings. The molecule has 18 heavy (non-hydrogen) atoms. The summed E-state index contributed by atoms with van der Waals surface area (Å²) < 4.78 is 2.15. The molecule has 1 aliphatic rings. The molecule has 0 bridgehead atoms. The van der Waals surface area contributed by atoms with Gasteiger partial charge in [-0.3, -0.25) is 4.79 Å². The lowest BCUT2D eigenvalue weighted by Gasteiger charge is -2.15. The van der Waals surface area contributed by atoms with Crippen molar-refractivity contribution in [2.45, 2.75) is 51.6 Å². The van der Waals surface area contributed by atoms with Crippen molar-refractivity contribution in [1.29, 1.82) is 0 Å². The zero-order valence-corrected chi connectivity index (χ0v) is 10.9. The van der Waals surface area contributed by atoms with Gasteiger partial charge in [0.1, 0.15) is 5.82 Å². The van der Waals surface area contributed by atoms with Gasteiger partial charge in [-0.25, -0.2) is 0 Å². The molecule has 0 spiro atoms. The second-order valence-corrected chi connectivity index (χ2v) is 4.76. The number of nitrogens with one attached hydrogen (secondary N) is 1. The topological polar surface area (TPSA) is 85.8 Å². The van der Waals surface area contributed by atoms with Crippen LogP contribution in [-0.2, 0) is 17.8 Å². The summed E-state index contributed by atoms with van der Waals surface area (Å²) in [6, 6.07) is -0.108. The fourth-order valence-electron chi connectivity index (χ4n) is 2.34. The van der Waals surface area contributed by atoms with Gasteiger partial charge in [-0.1, -0.05) is 6.42 Å². The molecule has 1 aromatic heterocycles. The SMILES string of the molecule is CC(NC(=O)CCN)c1nnc2n1CCCCC2. The average molecular weight is 251 g/mol. The first-order valence-corrected chi connectivity index (χ1v) is 6.63. The normalized spacial score (nSPS) is 16.8. The summed E-state index contributed by atoms with van der Waals surface area (Å²) in [7, 11) is 0. The van der Waals surface area contributed by atoms with Gasteiger partial charge in [0.2, 0.25) is 5.91 Å². The summed E-state index contributed by atoms with van der Waals surface area (Å²) >= 11 is 0. The molecule has 1 atom stereocenters. The third-order valence-corrected chi connectivity index (χ3v) is 3.27. The summed E-state index contributed by atoms with van der Waals surface area (Å²) in [5.74, 6) is 1.87. The highest BCUT2D eigenvalue weighted by Gasteiger charge is 2.20. The molecule has 100 valence electrons. The lowest BCUT2D eigenvalue weighted by atomic mass is 10.2. The lowest BCUT2D eigenvalue weighted by Crippen LogP contribution is -2.30. The molecule has 1 amide bonds. The number of hydrogen-bond donors (Lipinski definition) is 2. The van der Waals surface area contributed by atoms with Crippen molar-refractivity contribution in [3.63, 3.8) is 0 Å². The Balaban J connectivity index is 2.08. The van der Waals surface area contributed by atoms with Crippen molar-refractivity contribution < 1.29 is 4.79 Å². The van der Waals surface area contributed by atoms with Crippen molar-refractivity contribution in [2.75, 3.05) is 6.54 Å². The maximum Gasteiger partial charge on any atom is 0.221 e. The van der Waals surface area contributed by atoms with Crippen LogP contribution < -0.4 is 11.1 Å². The molecule has 0 aromatic carbocycles. The van der Waals surface area contributed by atoms with Crippen LogP contribution in [0.4, 0.5) is 0 Å².